The highest BCUT2D eigenvalue weighted by molar-refractivity contribution is 5.85. The zero-order valence-electron chi connectivity index (χ0n) is 11.4. The molecule has 0 N–H and O–H groups in total. The van der Waals surface area contributed by atoms with Crippen molar-refractivity contribution >= 4 is 10.8 Å². The molecule has 0 saturated carbocycles. The summed E-state index contributed by atoms with van der Waals surface area (Å²) in [6.07, 6.45) is 0. The lowest BCUT2D eigenvalue weighted by Gasteiger charge is -2.22. The monoisotopic (exact) mass is 300 g/mol. The third-order valence-corrected chi connectivity index (χ3v) is 3.54. The van der Waals surface area contributed by atoms with Gasteiger partial charge in [0.05, 0.1) is 13.2 Å². The highest BCUT2D eigenvalue weighted by Crippen LogP contribution is 2.32. The average molecular weight is 300 g/mol. The SMILES string of the molecule is CC1(C)OCc2cc3c(F)c(F)c(F)c(F)c3cc2CO1. The van der Waals surface area contributed by atoms with Gasteiger partial charge >= 0.3 is 0 Å². The van der Waals surface area contributed by atoms with Gasteiger partial charge in [-0.05, 0) is 37.1 Å². The number of hydrogen-bond donors (Lipinski definition) is 0. The van der Waals surface area contributed by atoms with Crippen LogP contribution in [-0.4, -0.2) is 5.79 Å². The topological polar surface area (TPSA) is 18.5 Å². The molecule has 21 heavy (non-hydrogen) atoms. The predicted octanol–water partition coefficient (Wildman–Crippen LogP) is 4.18. The van der Waals surface area contributed by atoms with Gasteiger partial charge in [-0.15, -0.1) is 0 Å². The largest absolute Gasteiger partial charge is 0.346 e. The Labute approximate surface area is 118 Å². The first kappa shape index (κ1) is 14.3. The van der Waals surface area contributed by atoms with Gasteiger partial charge < -0.3 is 9.47 Å². The minimum atomic E-state index is -1.81. The number of rotatable bonds is 0. The fraction of sp³-hybridized carbons (Fsp3) is 0.333. The number of hydrogen-bond acceptors (Lipinski definition) is 2. The second kappa shape index (κ2) is 4.68. The Kier molecular flexibility index (Phi) is 3.18. The Morgan fingerprint density at radius 3 is 1.52 bits per heavy atom. The summed E-state index contributed by atoms with van der Waals surface area (Å²) in [6, 6.07) is 2.55. The lowest BCUT2D eigenvalue weighted by atomic mass is 10.0. The van der Waals surface area contributed by atoms with Gasteiger partial charge in [-0.1, -0.05) is 0 Å². The standard InChI is InChI=1S/C15H12F4O2/c1-15(2)20-5-7-3-9-10(4-8(7)6-21-15)12(17)14(19)13(18)11(9)16/h3-4H,5-6H2,1-2H3. The van der Waals surface area contributed by atoms with Gasteiger partial charge in [-0.3, -0.25) is 0 Å². The molecule has 1 heterocycles. The third-order valence-electron chi connectivity index (χ3n) is 3.54. The molecular formula is C15H12F4O2. The van der Waals surface area contributed by atoms with Crippen LogP contribution in [0.2, 0.25) is 0 Å². The van der Waals surface area contributed by atoms with Crippen molar-refractivity contribution in [3.63, 3.8) is 0 Å². The quantitative estimate of drug-likeness (QED) is 0.413. The molecular weight excluding hydrogens is 288 g/mol. The van der Waals surface area contributed by atoms with Crippen LogP contribution in [0.4, 0.5) is 17.6 Å². The fourth-order valence-electron chi connectivity index (χ4n) is 2.30. The minimum Gasteiger partial charge on any atom is -0.346 e. The molecule has 2 aromatic rings. The maximum Gasteiger partial charge on any atom is 0.198 e. The third kappa shape index (κ3) is 2.28. The predicted molar refractivity (Wildman–Crippen MR) is 67.4 cm³/mol. The average Bonchev–Trinajstić information content (AvgIpc) is 2.60. The van der Waals surface area contributed by atoms with E-state index < -0.39 is 29.1 Å². The zero-order valence-corrected chi connectivity index (χ0v) is 11.4. The molecule has 1 aliphatic rings. The molecule has 2 aromatic carbocycles. The van der Waals surface area contributed by atoms with Gasteiger partial charge in [-0.2, -0.15) is 0 Å². The molecule has 0 saturated heterocycles. The second-order valence-electron chi connectivity index (χ2n) is 5.40. The summed E-state index contributed by atoms with van der Waals surface area (Å²) in [4.78, 5) is 0. The van der Waals surface area contributed by atoms with E-state index in [9.17, 15) is 17.6 Å². The van der Waals surface area contributed by atoms with Gasteiger partial charge in [0, 0.05) is 10.8 Å². The number of halogens is 4. The molecule has 0 radical (unpaired) electrons. The molecule has 0 bridgehead atoms. The molecule has 0 spiro atoms. The van der Waals surface area contributed by atoms with Crippen molar-refractivity contribution in [1.82, 2.24) is 0 Å². The van der Waals surface area contributed by atoms with Crippen LogP contribution in [0.15, 0.2) is 12.1 Å². The van der Waals surface area contributed by atoms with Crippen LogP contribution in [0.1, 0.15) is 25.0 Å². The summed E-state index contributed by atoms with van der Waals surface area (Å²) in [5.41, 5.74) is 1.11. The first-order valence-corrected chi connectivity index (χ1v) is 6.35. The van der Waals surface area contributed by atoms with E-state index >= 15 is 0 Å². The molecule has 0 atom stereocenters. The van der Waals surface area contributed by atoms with E-state index in [1.165, 1.54) is 12.1 Å². The summed E-state index contributed by atoms with van der Waals surface area (Å²) >= 11 is 0. The van der Waals surface area contributed by atoms with E-state index in [1.54, 1.807) is 13.8 Å². The first-order valence-electron chi connectivity index (χ1n) is 6.35. The van der Waals surface area contributed by atoms with Crippen LogP contribution < -0.4 is 0 Å². The maximum absolute atomic E-state index is 13.8. The van der Waals surface area contributed by atoms with Crippen molar-refractivity contribution in [3.8, 4) is 0 Å². The van der Waals surface area contributed by atoms with Crippen LogP contribution in [0.25, 0.3) is 10.8 Å². The molecule has 0 amide bonds. The number of ether oxygens (including phenoxy) is 2. The Balaban J connectivity index is 2.25. The van der Waals surface area contributed by atoms with Crippen LogP contribution in [0.3, 0.4) is 0 Å². The fourth-order valence-corrected chi connectivity index (χ4v) is 2.30. The second-order valence-corrected chi connectivity index (χ2v) is 5.40. The maximum atomic E-state index is 13.8. The van der Waals surface area contributed by atoms with E-state index in [0.29, 0.717) is 11.1 Å². The molecule has 0 aromatic heterocycles. The van der Waals surface area contributed by atoms with Gasteiger partial charge in [0.25, 0.3) is 0 Å². The van der Waals surface area contributed by atoms with Crippen LogP contribution in [-0.2, 0) is 22.7 Å². The number of benzene rings is 2. The van der Waals surface area contributed by atoms with Crippen molar-refractivity contribution in [2.75, 3.05) is 0 Å². The normalized spacial score (nSPS) is 17.6. The highest BCUT2D eigenvalue weighted by atomic mass is 19.2. The Morgan fingerprint density at radius 1 is 0.762 bits per heavy atom. The molecule has 0 unspecified atom stereocenters. The molecule has 1 aliphatic heterocycles. The lowest BCUT2D eigenvalue weighted by molar-refractivity contribution is -0.219. The number of fused-ring (bicyclic) bond motifs is 2. The van der Waals surface area contributed by atoms with E-state index in [0.717, 1.165) is 0 Å². The Morgan fingerprint density at radius 2 is 1.14 bits per heavy atom. The molecule has 2 nitrogen and oxygen atoms in total. The van der Waals surface area contributed by atoms with Crippen molar-refractivity contribution < 1.29 is 27.0 Å². The van der Waals surface area contributed by atoms with Crippen molar-refractivity contribution in [2.45, 2.75) is 32.8 Å². The summed E-state index contributed by atoms with van der Waals surface area (Å²) in [5.74, 6) is -7.29. The van der Waals surface area contributed by atoms with Crippen molar-refractivity contribution in [2.24, 2.45) is 0 Å². The summed E-state index contributed by atoms with van der Waals surface area (Å²) in [7, 11) is 0. The van der Waals surface area contributed by atoms with Crippen LogP contribution in [0.5, 0.6) is 0 Å². The van der Waals surface area contributed by atoms with Crippen LogP contribution >= 0.6 is 0 Å². The van der Waals surface area contributed by atoms with E-state index in [2.05, 4.69) is 0 Å². The van der Waals surface area contributed by atoms with E-state index in [1.807, 2.05) is 0 Å². The summed E-state index contributed by atoms with van der Waals surface area (Å²) in [6.45, 7) is 3.63. The smallest absolute Gasteiger partial charge is 0.198 e. The summed E-state index contributed by atoms with van der Waals surface area (Å²) < 4.78 is 65.2. The molecule has 112 valence electrons. The van der Waals surface area contributed by atoms with E-state index in [4.69, 9.17) is 9.47 Å². The van der Waals surface area contributed by atoms with Gasteiger partial charge in [0.1, 0.15) is 0 Å². The zero-order chi connectivity index (χ0) is 15.4. The minimum absolute atomic E-state index is 0.109. The van der Waals surface area contributed by atoms with Crippen molar-refractivity contribution in [1.29, 1.82) is 0 Å². The van der Waals surface area contributed by atoms with Crippen LogP contribution in [0, 0.1) is 23.3 Å². The lowest BCUT2D eigenvalue weighted by Crippen LogP contribution is -2.25. The summed E-state index contributed by atoms with van der Waals surface area (Å²) in [5, 5.41) is -0.623. The van der Waals surface area contributed by atoms with E-state index in [-0.39, 0.29) is 24.0 Å². The highest BCUT2D eigenvalue weighted by Gasteiger charge is 2.26. The molecule has 0 fully saturated rings. The first-order chi connectivity index (χ1) is 9.80. The van der Waals surface area contributed by atoms with Crippen molar-refractivity contribution in [3.05, 3.63) is 46.5 Å². The molecule has 3 rings (SSSR count). The van der Waals surface area contributed by atoms with Gasteiger partial charge in [-0.25, -0.2) is 17.6 Å². The van der Waals surface area contributed by atoms with Gasteiger partial charge in [0.15, 0.2) is 29.1 Å². The molecule has 6 heteroatoms. The van der Waals surface area contributed by atoms with Gasteiger partial charge in [0.2, 0.25) is 0 Å². The molecule has 0 aliphatic carbocycles. The Hall–Kier alpha value is -1.66. The Bertz CT molecular complexity index is 680.